The number of fused-ring (bicyclic) bond motifs is 1. The monoisotopic (exact) mass is 334 g/mol. The molecule has 1 N–H and O–H groups in total. The second-order valence-corrected chi connectivity index (χ2v) is 6.50. The summed E-state index contributed by atoms with van der Waals surface area (Å²) in [6, 6.07) is 14.5. The second kappa shape index (κ2) is 6.16. The lowest BCUT2D eigenvalue weighted by Crippen LogP contribution is -2.29. The lowest BCUT2D eigenvalue weighted by Gasteiger charge is -2.14. The molecule has 0 saturated heterocycles. The molecule has 2 aromatic rings. The third kappa shape index (κ3) is 3.05. The number of imide groups is 1. The van der Waals surface area contributed by atoms with E-state index in [1.165, 1.54) is 4.90 Å². The zero-order valence-corrected chi connectivity index (χ0v) is 13.7. The molecule has 5 heteroatoms. The number of hydrogen-bond acceptors (Lipinski definition) is 3. The van der Waals surface area contributed by atoms with Crippen molar-refractivity contribution < 1.29 is 14.4 Å². The summed E-state index contributed by atoms with van der Waals surface area (Å²) < 4.78 is 0. The van der Waals surface area contributed by atoms with Gasteiger partial charge in [0.05, 0.1) is 16.8 Å². The van der Waals surface area contributed by atoms with Crippen molar-refractivity contribution in [3.8, 4) is 0 Å². The minimum absolute atomic E-state index is 0.0759. The van der Waals surface area contributed by atoms with E-state index in [0.29, 0.717) is 35.7 Å². The zero-order valence-electron chi connectivity index (χ0n) is 13.7. The van der Waals surface area contributed by atoms with Crippen molar-refractivity contribution >= 4 is 23.4 Å². The zero-order chi connectivity index (χ0) is 17.4. The predicted molar refractivity (Wildman–Crippen MR) is 93.5 cm³/mol. The Morgan fingerprint density at radius 1 is 0.960 bits per heavy atom. The molecule has 1 aliphatic carbocycles. The fourth-order valence-electron chi connectivity index (χ4n) is 3.02. The van der Waals surface area contributed by atoms with Gasteiger partial charge in [-0.05, 0) is 49.1 Å². The minimum atomic E-state index is -0.294. The van der Waals surface area contributed by atoms with Crippen molar-refractivity contribution in [1.82, 2.24) is 5.32 Å². The van der Waals surface area contributed by atoms with Crippen molar-refractivity contribution in [2.45, 2.75) is 31.7 Å². The van der Waals surface area contributed by atoms with Crippen LogP contribution in [-0.2, 0) is 11.2 Å². The van der Waals surface area contributed by atoms with E-state index in [2.05, 4.69) is 5.32 Å². The Labute approximate surface area is 145 Å². The van der Waals surface area contributed by atoms with E-state index in [9.17, 15) is 14.4 Å². The number of carbonyl (C=O) groups excluding carboxylic acids is 3. The van der Waals surface area contributed by atoms with E-state index < -0.39 is 0 Å². The number of nitrogens with one attached hydrogen (secondary N) is 1. The lowest BCUT2D eigenvalue weighted by atomic mass is 10.1. The molecule has 2 aromatic carbocycles. The summed E-state index contributed by atoms with van der Waals surface area (Å²) in [6.45, 7) is 0. The first-order valence-electron chi connectivity index (χ1n) is 8.49. The Morgan fingerprint density at radius 3 is 2.12 bits per heavy atom. The minimum Gasteiger partial charge on any atom is -0.353 e. The van der Waals surface area contributed by atoms with Crippen LogP contribution in [0.3, 0.4) is 0 Å². The van der Waals surface area contributed by atoms with Crippen LogP contribution >= 0.6 is 0 Å². The Morgan fingerprint density at radius 2 is 1.56 bits per heavy atom. The van der Waals surface area contributed by atoms with Crippen LogP contribution in [-0.4, -0.2) is 23.8 Å². The van der Waals surface area contributed by atoms with Crippen molar-refractivity contribution in [2.24, 2.45) is 0 Å². The lowest BCUT2D eigenvalue weighted by molar-refractivity contribution is -0.121. The van der Waals surface area contributed by atoms with Gasteiger partial charge >= 0.3 is 0 Å². The van der Waals surface area contributed by atoms with E-state index in [-0.39, 0.29) is 17.7 Å². The molecule has 1 fully saturated rings. The molecule has 126 valence electrons. The number of aryl methyl sites for hydroxylation is 1. The SMILES string of the molecule is O=C(CCc1ccc(N2C(=O)c3ccccc3C2=O)cc1)NC1CC1. The summed E-state index contributed by atoms with van der Waals surface area (Å²) in [5, 5.41) is 2.97. The highest BCUT2D eigenvalue weighted by atomic mass is 16.2. The molecule has 4 rings (SSSR count). The van der Waals surface area contributed by atoms with E-state index in [4.69, 9.17) is 0 Å². The molecule has 1 saturated carbocycles. The van der Waals surface area contributed by atoms with E-state index in [1.807, 2.05) is 12.1 Å². The van der Waals surface area contributed by atoms with Crippen LogP contribution in [0.4, 0.5) is 5.69 Å². The third-order valence-corrected chi connectivity index (χ3v) is 4.57. The highest BCUT2D eigenvalue weighted by molar-refractivity contribution is 6.34. The van der Waals surface area contributed by atoms with Crippen LogP contribution in [0.2, 0.25) is 0 Å². The van der Waals surface area contributed by atoms with E-state index in [0.717, 1.165) is 18.4 Å². The Hall–Kier alpha value is -2.95. The van der Waals surface area contributed by atoms with Crippen molar-refractivity contribution in [3.63, 3.8) is 0 Å². The van der Waals surface area contributed by atoms with Gasteiger partial charge in [-0.1, -0.05) is 24.3 Å². The second-order valence-electron chi connectivity index (χ2n) is 6.50. The smallest absolute Gasteiger partial charge is 0.266 e. The standard InChI is InChI=1S/C20H18N2O3/c23-18(21-14-8-9-14)12-7-13-5-10-15(11-6-13)22-19(24)16-3-1-2-4-17(16)20(22)25/h1-6,10-11,14H,7-9,12H2,(H,21,23). The van der Waals surface area contributed by atoms with E-state index >= 15 is 0 Å². The fraction of sp³-hybridized carbons (Fsp3) is 0.250. The van der Waals surface area contributed by atoms with Gasteiger partial charge in [-0.2, -0.15) is 0 Å². The molecule has 0 radical (unpaired) electrons. The molecular formula is C20H18N2O3. The van der Waals surface area contributed by atoms with Crippen LogP contribution in [0.1, 0.15) is 45.5 Å². The number of carbonyl (C=O) groups is 3. The molecule has 1 heterocycles. The van der Waals surface area contributed by atoms with E-state index in [1.54, 1.807) is 36.4 Å². The third-order valence-electron chi connectivity index (χ3n) is 4.57. The van der Waals surface area contributed by atoms with Gasteiger partial charge in [0.2, 0.25) is 5.91 Å². The molecule has 0 bridgehead atoms. The Bertz CT molecular complexity index is 818. The fourth-order valence-corrected chi connectivity index (χ4v) is 3.02. The molecular weight excluding hydrogens is 316 g/mol. The van der Waals surface area contributed by atoms with Gasteiger partial charge in [-0.15, -0.1) is 0 Å². The molecule has 0 aromatic heterocycles. The molecule has 25 heavy (non-hydrogen) atoms. The maximum absolute atomic E-state index is 12.5. The van der Waals surface area contributed by atoms with Crippen LogP contribution < -0.4 is 10.2 Å². The summed E-state index contributed by atoms with van der Waals surface area (Å²) in [5.41, 5.74) is 2.44. The largest absolute Gasteiger partial charge is 0.353 e. The average molecular weight is 334 g/mol. The molecule has 5 nitrogen and oxygen atoms in total. The quantitative estimate of drug-likeness (QED) is 0.855. The van der Waals surface area contributed by atoms with Crippen LogP contribution in [0.5, 0.6) is 0 Å². The van der Waals surface area contributed by atoms with Gasteiger partial charge in [-0.25, -0.2) is 4.90 Å². The first-order valence-corrected chi connectivity index (χ1v) is 8.49. The summed E-state index contributed by atoms with van der Waals surface area (Å²) >= 11 is 0. The molecule has 0 spiro atoms. The average Bonchev–Trinajstić information content (AvgIpc) is 3.40. The number of rotatable bonds is 5. The van der Waals surface area contributed by atoms with Gasteiger partial charge < -0.3 is 5.32 Å². The summed E-state index contributed by atoms with van der Waals surface area (Å²) in [7, 11) is 0. The summed E-state index contributed by atoms with van der Waals surface area (Å²) in [5.74, 6) is -0.513. The molecule has 1 aliphatic heterocycles. The summed E-state index contributed by atoms with van der Waals surface area (Å²) in [6.07, 6.45) is 3.26. The summed E-state index contributed by atoms with van der Waals surface area (Å²) in [4.78, 5) is 37.9. The first kappa shape index (κ1) is 15.6. The molecule has 3 amide bonds. The normalized spacial score (nSPS) is 16.1. The van der Waals surface area contributed by atoms with Gasteiger partial charge in [-0.3, -0.25) is 14.4 Å². The number of hydrogen-bond donors (Lipinski definition) is 1. The maximum atomic E-state index is 12.5. The molecule has 2 aliphatic rings. The van der Waals surface area contributed by atoms with Crippen molar-refractivity contribution in [1.29, 1.82) is 0 Å². The number of anilines is 1. The Kier molecular flexibility index (Phi) is 3.84. The highest BCUT2D eigenvalue weighted by Gasteiger charge is 2.36. The molecule has 0 unspecified atom stereocenters. The van der Waals surface area contributed by atoms with Gasteiger partial charge in [0.15, 0.2) is 0 Å². The van der Waals surface area contributed by atoms with Crippen LogP contribution in [0.15, 0.2) is 48.5 Å². The number of amides is 3. The Balaban J connectivity index is 1.44. The van der Waals surface area contributed by atoms with Gasteiger partial charge in [0.1, 0.15) is 0 Å². The predicted octanol–water partition coefficient (Wildman–Crippen LogP) is 2.70. The molecule has 0 atom stereocenters. The van der Waals surface area contributed by atoms with Gasteiger partial charge in [0, 0.05) is 12.5 Å². The highest BCUT2D eigenvalue weighted by Crippen LogP contribution is 2.28. The van der Waals surface area contributed by atoms with Crippen LogP contribution in [0, 0.1) is 0 Å². The number of benzene rings is 2. The topological polar surface area (TPSA) is 66.5 Å². The van der Waals surface area contributed by atoms with Crippen LogP contribution in [0.25, 0.3) is 0 Å². The van der Waals surface area contributed by atoms with Crippen molar-refractivity contribution in [2.75, 3.05) is 4.90 Å². The number of nitrogens with zero attached hydrogens (tertiary/aromatic N) is 1. The van der Waals surface area contributed by atoms with Crippen molar-refractivity contribution in [3.05, 3.63) is 65.2 Å². The maximum Gasteiger partial charge on any atom is 0.266 e. The van der Waals surface area contributed by atoms with Gasteiger partial charge in [0.25, 0.3) is 11.8 Å². The first-order chi connectivity index (χ1) is 12.1.